The first-order chi connectivity index (χ1) is 11.6. The maximum absolute atomic E-state index is 12.9. The highest BCUT2D eigenvalue weighted by atomic mass is 32.2. The number of thioether (sulfide) groups is 1. The second kappa shape index (κ2) is 7.48. The lowest BCUT2D eigenvalue weighted by atomic mass is 9.73. The van der Waals surface area contributed by atoms with Gasteiger partial charge in [0.05, 0.1) is 9.09 Å². The molecule has 1 atom stereocenters. The van der Waals surface area contributed by atoms with Crippen molar-refractivity contribution in [3.63, 3.8) is 0 Å². The summed E-state index contributed by atoms with van der Waals surface area (Å²) in [5, 5.41) is 0. The number of hydrogen-bond acceptors (Lipinski definition) is 4. The second-order valence-electron chi connectivity index (χ2n) is 6.79. The summed E-state index contributed by atoms with van der Waals surface area (Å²) in [7, 11) is 0. The molecule has 4 nitrogen and oxygen atoms in total. The van der Waals surface area contributed by atoms with Gasteiger partial charge in [0.2, 0.25) is 5.91 Å². The van der Waals surface area contributed by atoms with Crippen molar-refractivity contribution < 1.29 is 9.59 Å². The normalized spacial score (nSPS) is 24.7. The van der Waals surface area contributed by atoms with Crippen molar-refractivity contribution in [1.29, 1.82) is 0 Å². The Bertz CT molecular complexity index is 616. The molecule has 1 spiro atoms. The van der Waals surface area contributed by atoms with Crippen LogP contribution in [0.3, 0.4) is 0 Å². The zero-order valence-corrected chi connectivity index (χ0v) is 16.2. The lowest BCUT2D eigenvalue weighted by Crippen LogP contribution is -2.54. The number of carbonyl (C=O) groups excluding carboxylic acids is 2. The van der Waals surface area contributed by atoms with Gasteiger partial charge in [-0.05, 0) is 44.1 Å². The Kier molecular flexibility index (Phi) is 5.55. The third-order valence-corrected chi connectivity index (χ3v) is 7.34. The lowest BCUT2D eigenvalue weighted by Gasteiger charge is -2.48. The van der Waals surface area contributed by atoms with E-state index in [2.05, 4.69) is 13.0 Å². The number of rotatable bonds is 4. The molecule has 6 heteroatoms. The Morgan fingerprint density at radius 1 is 1.29 bits per heavy atom. The first kappa shape index (κ1) is 17.8. The maximum Gasteiger partial charge on any atom is 0.263 e. The Morgan fingerprint density at radius 2 is 2.12 bits per heavy atom. The largest absolute Gasteiger partial charge is 0.342 e. The number of carbonyl (C=O) groups is 2. The summed E-state index contributed by atoms with van der Waals surface area (Å²) in [6.45, 7) is 7.40. The summed E-state index contributed by atoms with van der Waals surface area (Å²) < 4.78 is 1.22. The van der Waals surface area contributed by atoms with Crippen molar-refractivity contribution in [3.8, 4) is 0 Å². The molecule has 1 unspecified atom stereocenters. The fraction of sp³-hybridized carbons (Fsp3) is 0.667. The van der Waals surface area contributed by atoms with E-state index in [1.165, 1.54) is 4.21 Å². The van der Waals surface area contributed by atoms with Crippen LogP contribution in [0, 0.1) is 5.41 Å². The molecule has 2 aliphatic heterocycles. The average Bonchev–Trinajstić information content (AvgIpc) is 3.06. The SMILES string of the molecule is CCSc1ccc(C(=O)N2CCCC3(CCC(=O)N(CC)C3)C2)s1. The molecule has 2 amide bonds. The highest BCUT2D eigenvalue weighted by molar-refractivity contribution is 8.01. The molecule has 0 aliphatic carbocycles. The first-order valence-electron chi connectivity index (χ1n) is 8.86. The summed E-state index contributed by atoms with van der Waals surface area (Å²) in [6, 6.07) is 4.03. The van der Waals surface area contributed by atoms with Crippen molar-refractivity contribution in [1.82, 2.24) is 9.80 Å². The smallest absolute Gasteiger partial charge is 0.263 e. The molecule has 1 aromatic heterocycles. The van der Waals surface area contributed by atoms with E-state index < -0.39 is 0 Å². The van der Waals surface area contributed by atoms with Crippen LogP contribution < -0.4 is 0 Å². The number of hydrogen-bond donors (Lipinski definition) is 0. The Hall–Kier alpha value is -1.01. The predicted molar refractivity (Wildman–Crippen MR) is 99.8 cm³/mol. The molecule has 2 fully saturated rings. The summed E-state index contributed by atoms with van der Waals surface area (Å²) in [4.78, 5) is 29.7. The molecule has 2 aliphatic rings. The molecule has 0 aromatic carbocycles. The predicted octanol–water partition coefficient (Wildman–Crippen LogP) is 3.72. The van der Waals surface area contributed by atoms with Crippen LogP contribution >= 0.6 is 23.1 Å². The van der Waals surface area contributed by atoms with Gasteiger partial charge in [0.1, 0.15) is 0 Å². The van der Waals surface area contributed by atoms with Crippen LogP contribution in [0.2, 0.25) is 0 Å². The third-order valence-electron chi connectivity index (χ3n) is 5.16. The molecular weight excluding hydrogens is 340 g/mol. The van der Waals surface area contributed by atoms with Gasteiger partial charge >= 0.3 is 0 Å². The molecule has 24 heavy (non-hydrogen) atoms. The van der Waals surface area contributed by atoms with Gasteiger partial charge in [0.25, 0.3) is 5.91 Å². The molecule has 0 radical (unpaired) electrons. The van der Waals surface area contributed by atoms with E-state index in [0.717, 1.165) is 56.1 Å². The first-order valence-corrected chi connectivity index (χ1v) is 10.7. The number of amides is 2. The van der Waals surface area contributed by atoms with Gasteiger partial charge in [0, 0.05) is 38.0 Å². The highest BCUT2D eigenvalue weighted by Gasteiger charge is 2.42. The van der Waals surface area contributed by atoms with Crippen LogP contribution in [0.5, 0.6) is 0 Å². The van der Waals surface area contributed by atoms with Crippen molar-refractivity contribution >= 4 is 34.9 Å². The minimum absolute atomic E-state index is 0.107. The number of nitrogens with zero attached hydrogens (tertiary/aromatic N) is 2. The molecule has 132 valence electrons. The van der Waals surface area contributed by atoms with Crippen LogP contribution in [0.25, 0.3) is 0 Å². The van der Waals surface area contributed by atoms with Crippen molar-refractivity contribution in [2.24, 2.45) is 5.41 Å². The van der Waals surface area contributed by atoms with Gasteiger partial charge in [-0.3, -0.25) is 9.59 Å². The van der Waals surface area contributed by atoms with Gasteiger partial charge in [0.15, 0.2) is 0 Å². The van der Waals surface area contributed by atoms with E-state index >= 15 is 0 Å². The van der Waals surface area contributed by atoms with Gasteiger partial charge in [-0.2, -0.15) is 0 Å². The summed E-state index contributed by atoms with van der Waals surface area (Å²) in [5.74, 6) is 1.47. The fourth-order valence-electron chi connectivity index (χ4n) is 3.92. The zero-order valence-electron chi connectivity index (χ0n) is 14.5. The lowest BCUT2D eigenvalue weighted by molar-refractivity contribution is -0.138. The van der Waals surface area contributed by atoms with Crippen molar-refractivity contribution in [2.45, 2.75) is 43.7 Å². The third kappa shape index (κ3) is 3.64. The fourth-order valence-corrected chi connectivity index (χ4v) is 5.93. The molecule has 2 saturated heterocycles. The second-order valence-corrected chi connectivity index (χ2v) is 9.44. The molecule has 3 rings (SSSR count). The zero-order chi connectivity index (χ0) is 17.2. The Balaban J connectivity index is 1.70. The van der Waals surface area contributed by atoms with Gasteiger partial charge in [-0.25, -0.2) is 0 Å². The van der Waals surface area contributed by atoms with E-state index in [4.69, 9.17) is 0 Å². The van der Waals surface area contributed by atoms with Gasteiger partial charge < -0.3 is 9.80 Å². The van der Waals surface area contributed by atoms with E-state index in [-0.39, 0.29) is 17.2 Å². The number of piperidine rings is 2. The number of likely N-dealkylation sites (tertiary alicyclic amines) is 2. The van der Waals surface area contributed by atoms with Crippen LogP contribution in [0.1, 0.15) is 49.2 Å². The molecule has 1 aromatic rings. The number of thiophene rings is 1. The molecular formula is C18H26N2O2S2. The highest BCUT2D eigenvalue weighted by Crippen LogP contribution is 2.39. The van der Waals surface area contributed by atoms with E-state index in [1.807, 2.05) is 22.8 Å². The monoisotopic (exact) mass is 366 g/mol. The maximum atomic E-state index is 12.9. The minimum atomic E-state index is 0.107. The Labute approximate surface area is 152 Å². The minimum Gasteiger partial charge on any atom is -0.342 e. The van der Waals surface area contributed by atoms with Crippen LogP contribution in [0.15, 0.2) is 16.3 Å². The summed E-state index contributed by atoms with van der Waals surface area (Å²) in [6.07, 6.45) is 3.72. The quantitative estimate of drug-likeness (QED) is 0.763. The molecule has 0 bridgehead atoms. The van der Waals surface area contributed by atoms with Crippen LogP contribution in [-0.4, -0.2) is 53.5 Å². The molecule has 0 N–H and O–H groups in total. The van der Waals surface area contributed by atoms with Crippen LogP contribution in [-0.2, 0) is 4.79 Å². The molecule has 0 saturated carbocycles. The van der Waals surface area contributed by atoms with Crippen molar-refractivity contribution in [3.05, 3.63) is 17.0 Å². The molecule has 3 heterocycles. The summed E-state index contributed by atoms with van der Waals surface area (Å²) >= 11 is 3.40. The standard InChI is InChI=1S/C18H26N2O2S2/c1-3-19-12-18(10-8-15(19)21)9-5-11-20(13-18)17(22)14-6-7-16(24-14)23-4-2/h6-7H,3-5,8-13H2,1-2H3. The Morgan fingerprint density at radius 3 is 2.88 bits per heavy atom. The average molecular weight is 367 g/mol. The van der Waals surface area contributed by atoms with E-state index in [0.29, 0.717) is 6.42 Å². The summed E-state index contributed by atoms with van der Waals surface area (Å²) in [5.41, 5.74) is 0.107. The van der Waals surface area contributed by atoms with Crippen LogP contribution in [0.4, 0.5) is 0 Å². The van der Waals surface area contributed by atoms with Crippen molar-refractivity contribution in [2.75, 3.05) is 31.9 Å². The van der Waals surface area contributed by atoms with Gasteiger partial charge in [-0.1, -0.05) is 6.92 Å². The van der Waals surface area contributed by atoms with E-state index in [1.54, 1.807) is 23.1 Å². The van der Waals surface area contributed by atoms with Gasteiger partial charge in [-0.15, -0.1) is 23.1 Å². The topological polar surface area (TPSA) is 40.6 Å². The van der Waals surface area contributed by atoms with E-state index in [9.17, 15) is 9.59 Å².